The fourth-order valence-corrected chi connectivity index (χ4v) is 6.85. The van der Waals surface area contributed by atoms with Crippen molar-refractivity contribution in [3.8, 4) is 44.5 Å². The van der Waals surface area contributed by atoms with Gasteiger partial charge in [-0.1, -0.05) is 133 Å². The van der Waals surface area contributed by atoms with Gasteiger partial charge in [-0.25, -0.2) is 0 Å². The van der Waals surface area contributed by atoms with Gasteiger partial charge in [0.25, 0.3) is 0 Å². The van der Waals surface area contributed by atoms with E-state index in [1.54, 1.807) is 0 Å². The molecule has 46 heavy (non-hydrogen) atoms. The van der Waals surface area contributed by atoms with Crippen LogP contribution in [0.2, 0.25) is 0 Å². The van der Waals surface area contributed by atoms with Gasteiger partial charge in [0.15, 0.2) is 0 Å². The van der Waals surface area contributed by atoms with Crippen LogP contribution in [0, 0.1) is 0 Å². The van der Waals surface area contributed by atoms with E-state index in [1.807, 2.05) is 0 Å². The molecule has 0 aliphatic carbocycles. The molecule has 0 spiro atoms. The molecule has 0 unspecified atom stereocenters. The van der Waals surface area contributed by atoms with Crippen LogP contribution in [0.3, 0.4) is 0 Å². The second-order valence-corrected chi connectivity index (χ2v) is 12.3. The molecule has 0 saturated heterocycles. The summed E-state index contributed by atoms with van der Waals surface area (Å²) in [6, 6.07) is 66.7. The van der Waals surface area contributed by atoms with E-state index in [1.165, 1.54) is 87.6 Å². The normalized spacial score (nSPS) is 11.5. The van der Waals surface area contributed by atoms with Gasteiger partial charge in [0.05, 0.1) is 0 Å². The van der Waals surface area contributed by atoms with Gasteiger partial charge in [0.2, 0.25) is 0 Å². The highest BCUT2D eigenvalue weighted by Gasteiger charge is 2.08. The summed E-state index contributed by atoms with van der Waals surface area (Å²) >= 11 is 0. The molecule has 0 bridgehead atoms. The average Bonchev–Trinajstić information content (AvgIpc) is 3.13. The van der Waals surface area contributed by atoms with Crippen LogP contribution < -0.4 is 0 Å². The summed E-state index contributed by atoms with van der Waals surface area (Å²) in [6.45, 7) is 0. The number of benzene rings is 9. The summed E-state index contributed by atoms with van der Waals surface area (Å²) < 4.78 is 0. The van der Waals surface area contributed by atoms with E-state index in [-0.39, 0.29) is 0 Å². The third kappa shape index (κ3) is 4.82. The molecule has 0 atom stereocenters. The predicted molar refractivity (Wildman–Crippen MR) is 198 cm³/mol. The minimum atomic E-state index is 1.23. The van der Waals surface area contributed by atoms with E-state index in [0.29, 0.717) is 0 Å². The van der Waals surface area contributed by atoms with Crippen molar-refractivity contribution < 1.29 is 0 Å². The van der Waals surface area contributed by atoms with Crippen LogP contribution in [0.25, 0.3) is 87.6 Å². The third-order valence-electron chi connectivity index (χ3n) is 9.35. The Morgan fingerprint density at radius 2 is 0.435 bits per heavy atom. The average molecular weight is 583 g/mol. The highest BCUT2D eigenvalue weighted by Crippen LogP contribution is 2.34. The third-order valence-corrected chi connectivity index (χ3v) is 9.35. The molecule has 0 aliphatic rings. The lowest BCUT2D eigenvalue weighted by molar-refractivity contribution is 1.61. The number of hydrogen-bond donors (Lipinski definition) is 0. The van der Waals surface area contributed by atoms with Crippen molar-refractivity contribution >= 4 is 43.1 Å². The molecule has 9 aromatic carbocycles. The smallest absolute Gasteiger partial charge is 0.0171 e. The fourth-order valence-electron chi connectivity index (χ4n) is 6.85. The molecule has 9 aromatic rings. The molecule has 9 rings (SSSR count). The van der Waals surface area contributed by atoms with E-state index >= 15 is 0 Å². The number of fused-ring (bicyclic) bond motifs is 4. The van der Waals surface area contributed by atoms with Gasteiger partial charge in [0.1, 0.15) is 0 Å². The van der Waals surface area contributed by atoms with Gasteiger partial charge in [-0.2, -0.15) is 0 Å². The maximum absolute atomic E-state index is 2.35. The van der Waals surface area contributed by atoms with Crippen molar-refractivity contribution in [2.45, 2.75) is 0 Å². The zero-order valence-electron chi connectivity index (χ0n) is 25.3. The fraction of sp³-hybridized carbons (Fsp3) is 0. The van der Waals surface area contributed by atoms with Crippen LogP contribution in [0.5, 0.6) is 0 Å². The maximum atomic E-state index is 2.35. The van der Waals surface area contributed by atoms with Gasteiger partial charge in [0, 0.05) is 0 Å². The first-order valence-corrected chi connectivity index (χ1v) is 15.9. The first kappa shape index (κ1) is 26.4. The quantitative estimate of drug-likeness (QED) is 0.181. The van der Waals surface area contributed by atoms with Crippen LogP contribution >= 0.6 is 0 Å². The molecule has 0 aromatic heterocycles. The van der Waals surface area contributed by atoms with Crippen molar-refractivity contribution in [3.05, 3.63) is 182 Å². The largest absolute Gasteiger partial charge is 0.0616 e. The molecular weight excluding hydrogens is 553 g/mol. The van der Waals surface area contributed by atoms with Gasteiger partial charge in [-0.15, -0.1) is 0 Å². The summed E-state index contributed by atoms with van der Waals surface area (Å²) in [5.41, 5.74) is 9.87. The maximum Gasteiger partial charge on any atom is -0.0171 e. The SMILES string of the molecule is c1cc(-c2ccc3ccccc3c2)cc(-c2ccc3cc4ccc(-c5cccc(-c6ccc7ccccc7c6)c5)cc4cc3c2)c1. The molecule has 214 valence electrons. The molecule has 0 heterocycles. The van der Waals surface area contributed by atoms with Gasteiger partial charge in [-0.3, -0.25) is 0 Å². The van der Waals surface area contributed by atoms with Crippen molar-refractivity contribution in [3.63, 3.8) is 0 Å². The molecule has 0 heteroatoms. The summed E-state index contributed by atoms with van der Waals surface area (Å²) in [4.78, 5) is 0. The van der Waals surface area contributed by atoms with Crippen LogP contribution in [0.4, 0.5) is 0 Å². The van der Waals surface area contributed by atoms with Crippen molar-refractivity contribution in [1.29, 1.82) is 0 Å². The number of hydrogen-bond acceptors (Lipinski definition) is 0. The van der Waals surface area contributed by atoms with E-state index in [9.17, 15) is 0 Å². The van der Waals surface area contributed by atoms with Gasteiger partial charge < -0.3 is 0 Å². The Morgan fingerprint density at radius 3 is 0.848 bits per heavy atom. The number of rotatable bonds is 4. The summed E-state index contributed by atoms with van der Waals surface area (Å²) in [5.74, 6) is 0. The summed E-state index contributed by atoms with van der Waals surface area (Å²) in [7, 11) is 0. The lowest BCUT2D eigenvalue weighted by atomic mass is 9.94. The molecule has 0 saturated carbocycles. The molecule has 0 radical (unpaired) electrons. The minimum Gasteiger partial charge on any atom is -0.0616 e. The molecule has 0 aliphatic heterocycles. The van der Waals surface area contributed by atoms with E-state index in [0.717, 1.165) is 0 Å². The van der Waals surface area contributed by atoms with Crippen LogP contribution in [0.15, 0.2) is 182 Å². The molecule has 0 amide bonds. The highest BCUT2D eigenvalue weighted by atomic mass is 14.1. The Balaban J connectivity index is 1.07. The molecular formula is C46H30. The first-order valence-electron chi connectivity index (χ1n) is 15.9. The lowest BCUT2D eigenvalue weighted by Gasteiger charge is -2.11. The predicted octanol–water partition coefficient (Wildman–Crippen LogP) is 13.0. The van der Waals surface area contributed by atoms with Crippen LogP contribution in [-0.4, -0.2) is 0 Å². The summed E-state index contributed by atoms with van der Waals surface area (Å²) in [5, 5.41) is 10.1. The Hall–Kier alpha value is -5.98. The standard InChI is InChI=1S/C46H30/c1-3-9-33-23-39(17-15-31(33)7-1)35-11-5-13-37(25-35)41-19-21-43-27-44-22-20-42(29-46(44)30-45(43)28-41)38-14-6-12-36(26-38)40-18-16-32-8-2-4-10-34(32)24-40/h1-30H. The van der Waals surface area contributed by atoms with Crippen molar-refractivity contribution in [1.82, 2.24) is 0 Å². The van der Waals surface area contributed by atoms with Crippen molar-refractivity contribution in [2.75, 3.05) is 0 Å². The Bertz CT molecular complexity index is 2410. The second-order valence-electron chi connectivity index (χ2n) is 12.3. The monoisotopic (exact) mass is 582 g/mol. The van der Waals surface area contributed by atoms with E-state index in [4.69, 9.17) is 0 Å². The van der Waals surface area contributed by atoms with E-state index < -0.39 is 0 Å². The lowest BCUT2D eigenvalue weighted by Crippen LogP contribution is -1.85. The van der Waals surface area contributed by atoms with Crippen LogP contribution in [0.1, 0.15) is 0 Å². The van der Waals surface area contributed by atoms with Crippen LogP contribution in [-0.2, 0) is 0 Å². The van der Waals surface area contributed by atoms with Crippen molar-refractivity contribution in [2.24, 2.45) is 0 Å². The Labute approximate surface area is 268 Å². The zero-order valence-corrected chi connectivity index (χ0v) is 25.3. The topological polar surface area (TPSA) is 0 Å². The zero-order chi connectivity index (χ0) is 30.5. The molecule has 0 fully saturated rings. The Morgan fingerprint density at radius 1 is 0.152 bits per heavy atom. The first-order chi connectivity index (χ1) is 22.7. The summed E-state index contributed by atoms with van der Waals surface area (Å²) in [6.07, 6.45) is 0. The van der Waals surface area contributed by atoms with Gasteiger partial charge in [-0.05, 0) is 136 Å². The van der Waals surface area contributed by atoms with E-state index in [2.05, 4.69) is 182 Å². The second kappa shape index (κ2) is 10.9. The minimum absolute atomic E-state index is 1.23. The molecule has 0 N–H and O–H groups in total. The van der Waals surface area contributed by atoms with Gasteiger partial charge >= 0.3 is 0 Å². The highest BCUT2D eigenvalue weighted by molar-refractivity contribution is 6.01. The molecule has 0 nitrogen and oxygen atoms in total. The Kier molecular flexibility index (Phi) is 6.25.